The van der Waals surface area contributed by atoms with Crippen molar-refractivity contribution < 1.29 is 0 Å². The third-order valence-electron chi connectivity index (χ3n) is 2.80. The lowest BCUT2D eigenvalue weighted by Gasteiger charge is -2.24. The van der Waals surface area contributed by atoms with E-state index in [-0.39, 0.29) is 6.04 Å². The fraction of sp³-hybridized carbons (Fsp3) is 0.917. The van der Waals surface area contributed by atoms with Crippen LogP contribution in [0.3, 0.4) is 0 Å². The average molecular weight is 209 g/mol. The second-order valence-electron chi connectivity index (χ2n) is 4.44. The molecule has 86 valence electrons. The van der Waals surface area contributed by atoms with Gasteiger partial charge in [0.25, 0.3) is 0 Å². The normalized spacial score (nSPS) is 17.7. The fourth-order valence-electron chi connectivity index (χ4n) is 1.89. The minimum absolute atomic E-state index is 0.000278. The molecule has 3 heteroatoms. The molecule has 1 unspecified atom stereocenters. The van der Waals surface area contributed by atoms with E-state index in [0.717, 1.165) is 25.6 Å². The summed E-state index contributed by atoms with van der Waals surface area (Å²) in [5, 5.41) is 12.2. The molecule has 0 heterocycles. The summed E-state index contributed by atoms with van der Waals surface area (Å²) in [6, 6.07) is 2.33. The summed E-state index contributed by atoms with van der Waals surface area (Å²) in [7, 11) is 0. The largest absolute Gasteiger partial charge is 0.301 e. The van der Waals surface area contributed by atoms with Gasteiger partial charge in [-0.3, -0.25) is 0 Å². The number of nitrogens with one attached hydrogen (secondary N) is 1. The number of hydrogen-bond acceptors (Lipinski definition) is 3. The predicted molar refractivity (Wildman–Crippen MR) is 62.5 cm³/mol. The Kier molecular flexibility index (Phi) is 5.67. The van der Waals surface area contributed by atoms with Crippen LogP contribution in [0.5, 0.6) is 0 Å². The Hall–Kier alpha value is -0.590. The van der Waals surface area contributed by atoms with E-state index in [2.05, 4.69) is 30.1 Å². The highest BCUT2D eigenvalue weighted by Gasteiger charge is 2.24. The van der Waals surface area contributed by atoms with Gasteiger partial charge in [0.2, 0.25) is 0 Å². The molecule has 1 fully saturated rings. The van der Waals surface area contributed by atoms with E-state index < -0.39 is 0 Å². The van der Waals surface area contributed by atoms with Gasteiger partial charge in [-0.25, -0.2) is 0 Å². The van der Waals surface area contributed by atoms with Gasteiger partial charge < -0.3 is 10.2 Å². The van der Waals surface area contributed by atoms with E-state index >= 15 is 0 Å². The summed E-state index contributed by atoms with van der Waals surface area (Å²) in [5.74, 6) is 0.914. The van der Waals surface area contributed by atoms with E-state index in [0.29, 0.717) is 0 Å². The smallest absolute Gasteiger partial charge is 0.108 e. The third-order valence-corrected chi connectivity index (χ3v) is 2.80. The molecular formula is C12H23N3. The Bertz CT molecular complexity index is 205. The molecule has 1 atom stereocenters. The first-order chi connectivity index (χ1) is 7.30. The zero-order valence-electron chi connectivity index (χ0n) is 10.00. The highest BCUT2D eigenvalue weighted by Crippen LogP contribution is 2.29. The van der Waals surface area contributed by atoms with Crippen LogP contribution in [0.4, 0.5) is 0 Å². The molecule has 0 saturated heterocycles. The zero-order chi connectivity index (χ0) is 11.1. The first-order valence-corrected chi connectivity index (χ1v) is 6.15. The van der Waals surface area contributed by atoms with Gasteiger partial charge in [-0.2, -0.15) is 5.26 Å². The van der Waals surface area contributed by atoms with E-state index in [1.54, 1.807) is 0 Å². The number of nitriles is 1. The molecule has 0 spiro atoms. The van der Waals surface area contributed by atoms with Crippen molar-refractivity contribution in [2.75, 3.05) is 26.2 Å². The van der Waals surface area contributed by atoms with Crippen LogP contribution in [0.25, 0.3) is 0 Å². The van der Waals surface area contributed by atoms with Crippen molar-refractivity contribution in [3.8, 4) is 6.07 Å². The number of rotatable bonds is 8. The second-order valence-corrected chi connectivity index (χ2v) is 4.44. The molecule has 0 aromatic rings. The van der Waals surface area contributed by atoms with Gasteiger partial charge in [0.05, 0.1) is 6.07 Å². The molecule has 0 aromatic heterocycles. The summed E-state index contributed by atoms with van der Waals surface area (Å²) < 4.78 is 0. The lowest BCUT2D eigenvalue weighted by Crippen LogP contribution is -2.41. The van der Waals surface area contributed by atoms with Gasteiger partial charge in [-0.05, 0) is 38.3 Å². The Morgan fingerprint density at radius 2 is 2.20 bits per heavy atom. The van der Waals surface area contributed by atoms with Crippen LogP contribution in [0, 0.1) is 17.2 Å². The average Bonchev–Trinajstić information content (AvgIpc) is 3.01. The standard InChI is InChI=1S/C12H23N3/c1-3-7-15(9-11-5-6-11)10-12(8-13)14-4-2/h11-12,14H,3-7,9-10H2,1-2H3. The van der Waals surface area contributed by atoms with Gasteiger partial charge in [0, 0.05) is 13.1 Å². The third kappa shape index (κ3) is 5.15. The van der Waals surface area contributed by atoms with Crippen LogP contribution in [0.1, 0.15) is 33.1 Å². The van der Waals surface area contributed by atoms with Crippen molar-refractivity contribution in [3.05, 3.63) is 0 Å². The second kappa shape index (κ2) is 6.81. The van der Waals surface area contributed by atoms with Crippen LogP contribution in [0.2, 0.25) is 0 Å². The van der Waals surface area contributed by atoms with Crippen molar-refractivity contribution >= 4 is 0 Å². The van der Waals surface area contributed by atoms with Crippen molar-refractivity contribution in [2.24, 2.45) is 5.92 Å². The zero-order valence-corrected chi connectivity index (χ0v) is 10.00. The molecule has 1 N–H and O–H groups in total. The van der Waals surface area contributed by atoms with Crippen LogP contribution < -0.4 is 5.32 Å². The van der Waals surface area contributed by atoms with Gasteiger partial charge in [-0.15, -0.1) is 0 Å². The number of likely N-dealkylation sites (N-methyl/N-ethyl adjacent to an activating group) is 1. The fourth-order valence-corrected chi connectivity index (χ4v) is 1.89. The van der Waals surface area contributed by atoms with Gasteiger partial charge in [-0.1, -0.05) is 13.8 Å². The van der Waals surface area contributed by atoms with Crippen LogP contribution in [-0.2, 0) is 0 Å². The van der Waals surface area contributed by atoms with Crippen LogP contribution >= 0.6 is 0 Å². The van der Waals surface area contributed by atoms with Gasteiger partial charge >= 0.3 is 0 Å². The summed E-state index contributed by atoms with van der Waals surface area (Å²) in [6.07, 6.45) is 3.95. The monoisotopic (exact) mass is 209 g/mol. The summed E-state index contributed by atoms with van der Waals surface area (Å²) in [5.41, 5.74) is 0. The first kappa shape index (κ1) is 12.5. The molecular weight excluding hydrogens is 186 g/mol. The molecule has 1 saturated carbocycles. The molecule has 1 aliphatic carbocycles. The highest BCUT2D eigenvalue weighted by atomic mass is 15.1. The van der Waals surface area contributed by atoms with Gasteiger partial charge in [0.1, 0.15) is 6.04 Å². The van der Waals surface area contributed by atoms with Crippen LogP contribution in [-0.4, -0.2) is 37.1 Å². The molecule has 0 bridgehead atoms. The molecule has 0 aromatic carbocycles. The Labute approximate surface area is 93.5 Å². The quantitative estimate of drug-likeness (QED) is 0.660. The van der Waals surface area contributed by atoms with Crippen molar-refractivity contribution in [3.63, 3.8) is 0 Å². The Morgan fingerprint density at radius 3 is 2.67 bits per heavy atom. The van der Waals surface area contributed by atoms with E-state index in [9.17, 15) is 0 Å². The summed E-state index contributed by atoms with van der Waals surface area (Å²) in [4.78, 5) is 2.44. The maximum atomic E-state index is 8.98. The van der Waals surface area contributed by atoms with Crippen molar-refractivity contribution in [2.45, 2.75) is 39.2 Å². The topological polar surface area (TPSA) is 39.1 Å². The molecule has 15 heavy (non-hydrogen) atoms. The first-order valence-electron chi connectivity index (χ1n) is 6.15. The minimum Gasteiger partial charge on any atom is -0.301 e. The maximum absolute atomic E-state index is 8.98. The van der Waals surface area contributed by atoms with Crippen molar-refractivity contribution in [1.82, 2.24) is 10.2 Å². The molecule has 0 aliphatic heterocycles. The highest BCUT2D eigenvalue weighted by molar-refractivity contribution is 4.92. The lowest BCUT2D eigenvalue weighted by atomic mass is 10.2. The molecule has 0 amide bonds. The Balaban J connectivity index is 2.30. The number of hydrogen-bond donors (Lipinski definition) is 1. The van der Waals surface area contributed by atoms with Crippen molar-refractivity contribution in [1.29, 1.82) is 5.26 Å². The van der Waals surface area contributed by atoms with E-state index in [1.807, 2.05) is 0 Å². The summed E-state index contributed by atoms with van der Waals surface area (Å²) in [6.45, 7) is 8.33. The molecule has 1 aliphatic rings. The lowest BCUT2D eigenvalue weighted by molar-refractivity contribution is 0.249. The molecule has 1 rings (SSSR count). The number of nitrogens with zero attached hydrogens (tertiary/aromatic N) is 2. The van der Waals surface area contributed by atoms with E-state index in [4.69, 9.17) is 5.26 Å². The Morgan fingerprint density at radius 1 is 1.47 bits per heavy atom. The maximum Gasteiger partial charge on any atom is 0.108 e. The SMILES string of the molecule is CCCN(CC1CC1)CC(C#N)NCC. The minimum atomic E-state index is 0.000278. The molecule has 3 nitrogen and oxygen atoms in total. The van der Waals surface area contributed by atoms with E-state index in [1.165, 1.54) is 25.8 Å². The molecule has 0 radical (unpaired) electrons. The van der Waals surface area contributed by atoms with Crippen LogP contribution in [0.15, 0.2) is 0 Å². The van der Waals surface area contributed by atoms with Gasteiger partial charge in [0.15, 0.2) is 0 Å². The predicted octanol–water partition coefficient (Wildman–Crippen LogP) is 1.61. The summed E-state index contributed by atoms with van der Waals surface area (Å²) >= 11 is 0.